The molecule has 0 radical (unpaired) electrons. The lowest BCUT2D eigenvalue weighted by molar-refractivity contribution is -0.139. The standard InChI is InChI=1S/C15H20FNO4/c1-9-6-5-7-11(16)10(9)8-12(13(18)19)17-14(20)21-15(2,3)4/h5-7,12H,8H2,1-4H3,(H,17,20)(H,18,19). The van der Waals surface area contributed by atoms with Crippen LogP contribution in [-0.4, -0.2) is 28.8 Å². The maximum atomic E-state index is 13.7. The van der Waals surface area contributed by atoms with E-state index in [9.17, 15) is 19.1 Å². The molecule has 1 atom stereocenters. The fraction of sp³-hybridized carbons (Fsp3) is 0.467. The van der Waals surface area contributed by atoms with Gasteiger partial charge in [-0.2, -0.15) is 0 Å². The molecular weight excluding hydrogens is 277 g/mol. The third kappa shape index (κ3) is 5.41. The molecule has 0 saturated heterocycles. The summed E-state index contributed by atoms with van der Waals surface area (Å²) in [5, 5.41) is 11.4. The van der Waals surface area contributed by atoms with Gasteiger partial charge in [-0.25, -0.2) is 14.0 Å². The monoisotopic (exact) mass is 297 g/mol. The van der Waals surface area contributed by atoms with Crippen LogP contribution in [0.4, 0.5) is 9.18 Å². The van der Waals surface area contributed by atoms with Crippen LogP contribution in [0, 0.1) is 12.7 Å². The molecule has 0 bridgehead atoms. The summed E-state index contributed by atoms with van der Waals surface area (Å²) in [7, 11) is 0. The van der Waals surface area contributed by atoms with E-state index in [1.807, 2.05) is 0 Å². The van der Waals surface area contributed by atoms with Crippen molar-refractivity contribution in [3.05, 3.63) is 35.1 Å². The lowest BCUT2D eigenvalue weighted by Gasteiger charge is -2.22. The van der Waals surface area contributed by atoms with Gasteiger partial charge in [-0.3, -0.25) is 0 Å². The molecule has 0 heterocycles. The summed E-state index contributed by atoms with van der Waals surface area (Å²) in [4.78, 5) is 22.9. The molecule has 116 valence electrons. The summed E-state index contributed by atoms with van der Waals surface area (Å²) in [5.41, 5.74) is 0.161. The van der Waals surface area contributed by atoms with Gasteiger partial charge in [0.1, 0.15) is 17.5 Å². The quantitative estimate of drug-likeness (QED) is 0.896. The molecule has 1 amide bonds. The highest BCUT2D eigenvalue weighted by atomic mass is 19.1. The Bertz CT molecular complexity index is 517. The topological polar surface area (TPSA) is 75.6 Å². The van der Waals surface area contributed by atoms with Gasteiger partial charge in [-0.1, -0.05) is 12.1 Å². The number of nitrogens with one attached hydrogen (secondary N) is 1. The number of hydrogen-bond acceptors (Lipinski definition) is 3. The first-order chi connectivity index (χ1) is 9.60. The summed E-state index contributed by atoms with van der Waals surface area (Å²) in [6.45, 7) is 6.70. The first kappa shape index (κ1) is 16.9. The predicted molar refractivity (Wildman–Crippen MR) is 75.6 cm³/mol. The Hall–Kier alpha value is -2.11. The number of carboxylic acids is 1. The van der Waals surface area contributed by atoms with Crippen molar-refractivity contribution in [2.75, 3.05) is 0 Å². The average molecular weight is 297 g/mol. The van der Waals surface area contributed by atoms with Gasteiger partial charge in [-0.15, -0.1) is 0 Å². The lowest BCUT2D eigenvalue weighted by Crippen LogP contribution is -2.44. The highest BCUT2D eigenvalue weighted by Gasteiger charge is 2.25. The van der Waals surface area contributed by atoms with Crippen LogP contribution in [0.5, 0.6) is 0 Å². The minimum atomic E-state index is -1.25. The fourth-order valence-corrected chi connectivity index (χ4v) is 1.78. The molecule has 1 aromatic carbocycles. The van der Waals surface area contributed by atoms with Gasteiger partial charge < -0.3 is 15.2 Å². The van der Waals surface area contributed by atoms with Crippen molar-refractivity contribution in [1.82, 2.24) is 5.32 Å². The number of carboxylic acid groups (broad SMARTS) is 1. The van der Waals surface area contributed by atoms with E-state index in [0.29, 0.717) is 5.56 Å². The molecule has 0 spiro atoms. The molecule has 0 aliphatic rings. The van der Waals surface area contributed by atoms with Gasteiger partial charge in [0, 0.05) is 6.42 Å². The maximum absolute atomic E-state index is 13.7. The van der Waals surface area contributed by atoms with Gasteiger partial charge in [-0.05, 0) is 44.9 Å². The molecule has 0 aromatic heterocycles. The lowest BCUT2D eigenvalue weighted by atomic mass is 10.0. The Morgan fingerprint density at radius 1 is 1.38 bits per heavy atom. The first-order valence-corrected chi connectivity index (χ1v) is 6.56. The van der Waals surface area contributed by atoms with Crippen molar-refractivity contribution in [3.8, 4) is 0 Å². The van der Waals surface area contributed by atoms with Crippen molar-refractivity contribution in [3.63, 3.8) is 0 Å². The zero-order valence-electron chi connectivity index (χ0n) is 12.6. The molecule has 0 aliphatic heterocycles. The molecule has 0 fully saturated rings. The van der Waals surface area contributed by atoms with E-state index in [1.54, 1.807) is 39.8 Å². The molecule has 5 nitrogen and oxygen atoms in total. The SMILES string of the molecule is Cc1cccc(F)c1CC(NC(=O)OC(C)(C)C)C(=O)O. The van der Waals surface area contributed by atoms with E-state index < -0.39 is 29.5 Å². The third-order valence-electron chi connectivity index (χ3n) is 2.75. The fourth-order valence-electron chi connectivity index (χ4n) is 1.78. The molecule has 1 unspecified atom stereocenters. The van der Waals surface area contributed by atoms with Crippen LogP contribution >= 0.6 is 0 Å². The second-order valence-electron chi connectivity index (χ2n) is 5.78. The van der Waals surface area contributed by atoms with E-state index >= 15 is 0 Å². The second kappa shape index (κ2) is 6.56. The number of alkyl carbamates (subject to hydrolysis) is 1. The average Bonchev–Trinajstić information content (AvgIpc) is 2.29. The van der Waals surface area contributed by atoms with Gasteiger partial charge in [0.25, 0.3) is 0 Å². The summed E-state index contributed by atoms with van der Waals surface area (Å²) in [6.07, 6.45) is -0.989. The Balaban J connectivity index is 2.84. The molecule has 1 aromatic rings. The van der Waals surface area contributed by atoms with E-state index in [2.05, 4.69) is 5.32 Å². The van der Waals surface area contributed by atoms with Crippen molar-refractivity contribution in [1.29, 1.82) is 0 Å². The number of rotatable bonds is 4. The largest absolute Gasteiger partial charge is 0.480 e. The van der Waals surface area contributed by atoms with Crippen LogP contribution in [0.3, 0.4) is 0 Å². The highest BCUT2D eigenvalue weighted by molar-refractivity contribution is 5.80. The van der Waals surface area contributed by atoms with E-state index in [4.69, 9.17) is 4.74 Å². The zero-order chi connectivity index (χ0) is 16.2. The number of aliphatic carboxylic acids is 1. The van der Waals surface area contributed by atoms with Crippen LogP contribution in [0.2, 0.25) is 0 Å². The highest BCUT2D eigenvalue weighted by Crippen LogP contribution is 2.15. The minimum Gasteiger partial charge on any atom is -0.480 e. The zero-order valence-corrected chi connectivity index (χ0v) is 12.6. The predicted octanol–water partition coefficient (Wildman–Crippen LogP) is 2.65. The number of hydrogen-bond donors (Lipinski definition) is 2. The van der Waals surface area contributed by atoms with Gasteiger partial charge in [0.15, 0.2) is 0 Å². The van der Waals surface area contributed by atoms with Gasteiger partial charge >= 0.3 is 12.1 Å². The van der Waals surface area contributed by atoms with Crippen molar-refractivity contribution in [2.45, 2.75) is 45.8 Å². The third-order valence-corrected chi connectivity index (χ3v) is 2.75. The smallest absolute Gasteiger partial charge is 0.408 e. The van der Waals surface area contributed by atoms with Crippen LogP contribution < -0.4 is 5.32 Å². The van der Waals surface area contributed by atoms with Crippen LogP contribution in [0.1, 0.15) is 31.9 Å². The van der Waals surface area contributed by atoms with Crippen LogP contribution in [0.25, 0.3) is 0 Å². The van der Waals surface area contributed by atoms with Crippen molar-refractivity contribution >= 4 is 12.1 Å². The number of amides is 1. The summed E-state index contributed by atoms with van der Waals surface area (Å²) >= 11 is 0. The Morgan fingerprint density at radius 3 is 2.48 bits per heavy atom. The minimum absolute atomic E-state index is 0.146. The van der Waals surface area contributed by atoms with Crippen molar-refractivity contribution < 1.29 is 23.8 Å². The number of ether oxygens (including phenoxy) is 1. The van der Waals surface area contributed by atoms with E-state index in [1.165, 1.54) is 6.07 Å². The van der Waals surface area contributed by atoms with Crippen molar-refractivity contribution in [2.24, 2.45) is 0 Å². The number of halogens is 1. The molecule has 1 rings (SSSR count). The maximum Gasteiger partial charge on any atom is 0.408 e. The molecule has 21 heavy (non-hydrogen) atoms. The van der Waals surface area contributed by atoms with Gasteiger partial charge in [0.05, 0.1) is 0 Å². The number of carbonyl (C=O) groups is 2. The van der Waals surface area contributed by atoms with E-state index in [-0.39, 0.29) is 12.0 Å². The number of aryl methyl sites for hydroxylation is 1. The second-order valence-corrected chi connectivity index (χ2v) is 5.78. The molecule has 0 aliphatic carbocycles. The molecule has 0 saturated carbocycles. The number of benzene rings is 1. The Labute approximate surface area is 123 Å². The Morgan fingerprint density at radius 2 is 2.00 bits per heavy atom. The molecular formula is C15H20FNO4. The first-order valence-electron chi connectivity index (χ1n) is 6.56. The van der Waals surface area contributed by atoms with Gasteiger partial charge in [0.2, 0.25) is 0 Å². The Kier molecular flexibility index (Phi) is 5.29. The molecule has 6 heteroatoms. The van der Waals surface area contributed by atoms with Crippen LogP contribution in [0.15, 0.2) is 18.2 Å². The molecule has 2 N–H and O–H groups in total. The van der Waals surface area contributed by atoms with Crippen LogP contribution in [-0.2, 0) is 16.0 Å². The summed E-state index contributed by atoms with van der Waals surface area (Å²) < 4.78 is 18.8. The normalized spacial score (nSPS) is 12.6. The summed E-state index contributed by atoms with van der Waals surface area (Å²) in [6, 6.07) is 3.24. The number of carbonyl (C=O) groups excluding carboxylic acids is 1. The van der Waals surface area contributed by atoms with E-state index in [0.717, 1.165) is 0 Å². The summed E-state index contributed by atoms with van der Waals surface area (Å²) in [5.74, 6) is -1.74.